The van der Waals surface area contributed by atoms with E-state index < -0.39 is 4.92 Å². The van der Waals surface area contributed by atoms with Gasteiger partial charge in [0.1, 0.15) is 0 Å². The highest BCUT2D eigenvalue weighted by atomic mass is 32.2. The van der Waals surface area contributed by atoms with Crippen molar-refractivity contribution in [2.24, 2.45) is 0 Å². The summed E-state index contributed by atoms with van der Waals surface area (Å²) in [5.41, 5.74) is 1.52. The van der Waals surface area contributed by atoms with Crippen molar-refractivity contribution in [3.05, 3.63) is 87.3 Å². The SMILES string of the molecule is O=C1/C(=C\C=C\c2ccccc2)SC(=S)N1c1ccc([N+](=O)[O-])cc1. The molecule has 7 heteroatoms. The summed E-state index contributed by atoms with van der Waals surface area (Å²) >= 11 is 6.48. The molecular formula is C18H12N2O3S2. The molecule has 3 rings (SSSR count). The molecule has 1 aliphatic heterocycles. The fraction of sp³-hybridized carbons (Fsp3) is 0. The van der Waals surface area contributed by atoms with Crippen LogP contribution in [0.1, 0.15) is 5.56 Å². The first-order valence-corrected chi connectivity index (χ1v) is 8.53. The average molecular weight is 368 g/mol. The number of benzene rings is 2. The van der Waals surface area contributed by atoms with Gasteiger partial charge in [-0.05, 0) is 23.8 Å². The van der Waals surface area contributed by atoms with Crippen LogP contribution in [0.5, 0.6) is 0 Å². The maximum atomic E-state index is 12.6. The van der Waals surface area contributed by atoms with E-state index in [4.69, 9.17) is 12.2 Å². The van der Waals surface area contributed by atoms with Crippen molar-refractivity contribution in [1.82, 2.24) is 0 Å². The minimum atomic E-state index is -0.484. The maximum absolute atomic E-state index is 12.6. The van der Waals surface area contributed by atoms with Crippen molar-refractivity contribution in [3.63, 3.8) is 0 Å². The van der Waals surface area contributed by atoms with Gasteiger partial charge in [-0.15, -0.1) is 0 Å². The minimum absolute atomic E-state index is 0.0319. The summed E-state index contributed by atoms with van der Waals surface area (Å²) < 4.78 is 0.401. The molecule has 1 aliphatic rings. The van der Waals surface area contributed by atoms with E-state index in [0.29, 0.717) is 14.9 Å². The van der Waals surface area contributed by atoms with Crippen molar-refractivity contribution in [2.45, 2.75) is 0 Å². The fourth-order valence-corrected chi connectivity index (χ4v) is 3.49. The van der Waals surface area contributed by atoms with E-state index >= 15 is 0 Å². The van der Waals surface area contributed by atoms with Crippen molar-refractivity contribution in [3.8, 4) is 0 Å². The lowest BCUT2D eigenvalue weighted by Gasteiger charge is -2.13. The number of thiocarbonyl (C=S) groups is 1. The highest BCUT2D eigenvalue weighted by molar-refractivity contribution is 8.27. The number of hydrogen-bond acceptors (Lipinski definition) is 5. The highest BCUT2D eigenvalue weighted by Crippen LogP contribution is 2.35. The number of anilines is 1. The van der Waals surface area contributed by atoms with Crippen LogP contribution in [0.25, 0.3) is 6.08 Å². The van der Waals surface area contributed by atoms with Crippen molar-refractivity contribution in [1.29, 1.82) is 0 Å². The second kappa shape index (κ2) is 7.42. The molecule has 0 atom stereocenters. The van der Waals surface area contributed by atoms with Crippen LogP contribution in [0.2, 0.25) is 0 Å². The maximum Gasteiger partial charge on any atom is 0.270 e. The first kappa shape index (κ1) is 17.1. The van der Waals surface area contributed by atoms with Crippen LogP contribution in [0.4, 0.5) is 11.4 Å². The Morgan fingerprint density at radius 1 is 1.08 bits per heavy atom. The monoisotopic (exact) mass is 368 g/mol. The number of nitro groups is 1. The predicted octanol–water partition coefficient (Wildman–Crippen LogP) is 4.56. The van der Waals surface area contributed by atoms with Gasteiger partial charge in [0.2, 0.25) is 0 Å². The van der Waals surface area contributed by atoms with Crippen LogP contribution >= 0.6 is 24.0 Å². The smallest absolute Gasteiger partial charge is 0.268 e. The van der Waals surface area contributed by atoms with Gasteiger partial charge in [0, 0.05) is 12.1 Å². The second-order valence-electron chi connectivity index (χ2n) is 5.08. The zero-order chi connectivity index (χ0) is 17.8. The topological polar surface area (TPSA) is 63.5 Å². The third-order valence-electron chi connectivity index (χ3n) is 3.45. The van der Waals surface area contributed by atoms with Gasteiger partial charge in [0.05, 0.1) is 15.5 Å². The van der Waals surface area contributed by atoms with Crippen LogP contribution in [0.3, 0.4) is 0 Å². The Hall–Kier alpha value is -2.77. The fourth-order valence-electron chi connectivity index (χ4n) is 2.24. The lowest BCUT2D eigenvalue weighted by molar-refractivity contribution is -0.384. The number of amides is 1. The second-order valence-corrected chi connectivity index (χ2v) is 6.76. The van der Waals surface area contributed by atoms with Crippen LogP contribution in [0, 0.1) is 10.1 Å². The molecule has 1 amide bonds. The lowest BCUT2D eigenvalue weighted by atomic mass is 10.2. The summed E-state index contributed by atoms with van der Waals surface area (Å²) in [5.74, 6) is -0.235. The number of thioether (sulfide) groups is 1. The summed E-state index contributed by atoms with van der Waals surface area (Å²) in [5, 5.41) is 10.7. The molecule has 0 N–H and O–H groups in total. The summed E-state index contributed by atoms with van der Waals surface area (Å²) in [6.07, 6.45) is 5.42. The number of hydrogen-bond donors (Lipinski definition) is 0. The first-order chi connectivity index (χ1) is 12.1. The van der Waals surface area contributed by atoms with Gasteiger partial charge in [-0.1, -0.05) is 66.5 Å². The summed E-state index contributed by atoms with van der Waals surface area (Å²) in [4.78, 5) is 24.7. The van der Waals surface area contributed by atoms with Gasteiger partial charge in [-0.25, -0.2) is 0 Å². The molecule has 0 aromatic heterocycles. The van der Waals surface area contributed by atoms with Gasteiger partial charge >= 0.3 is 0 Å². The van der Waals surface area contributed by atoms with E-state index in [1.807, 2.05) is 36.4 Å². The van der Waals surface area contributed by atoms with E-state index in [1.165, 1.54) is 40.9 Å². The Morgan fingerprint density at radius 2 is 1.76 bits per heavy atom. The summed E-state index contributed by atoms with van der Waals surface area (Å²) in [6, 6.07) is 15.5. The van der Waals surface area contributed by atoms with Crippen molar-refractivity contribution < 1.29 is 9.72 Å². The Labute approximate surface area is 153 Å². The van der Waals surface area contributed by atoms with Crippen molar-refractivity contribution in [2.75, 3.05) is 4.90 Å². The Bertz CT molecular complexity index is 890. The minimum Gasteiger partial charge on any atom is -0.268 e. The quantitative estimate of drug-likeness (QED) is 0.343. The van der Waals surface area contributed by atoms with Crippen LogP contribution in [-0.2, 0) is 4.79 Å². The molecule has 0 bridgehead atoms. The van der Waals surface area contributed by atoms with E-state index in [1.54, 1.807) is 12.2 Å². The number of nitro benzene ring substituents is 1. The number of carbonyl (C=O) groups excluding carboxylic acids is 1. The third-order valence-corrected chi connectivity index (χ3v) is 4.77. The molecule has 124 valence electrons. The normalized spacial score (nSPS) is 16.2. The van der Waals surface area contributed by atoms with Gasteiger partial charge in [0.15, 0.2) is 4.32 Å². The van der Waals surface area contributed by atoms with Crippen LogP contribution < -0.4 is 4.90 Å². The summed E-state index contributed by atoms with van der Waals surface area (Å²) in [6.45, 7) is 0. The third kappa shape index (κ3) is 3.84. The van der Waals surface area contributed by atoms with Crippen molar-refractivity contribution >= 4 is 51.7 Å². The molecular weight excluding hydrogens is 356 g/mol. The molecule has 0 unspecified atom stereocenters. The number of rotatable bonds is 4. The molecule has 2 aromatic carbocycles. The highest BCUT2D eigenvalue weighted by Gasteiger charge is 2.33. The molecule has 0 spiro atoms. The number of carbonyl (C=O) groups is 1. The molecule has 1 fully saturated rings. The van der Waals surface area contributed by atoms with E-state index in [-0.39, 0.29) is 11.6 Å². The molecule has 0 saturated carbocycles. The van der Waals surface area contributed by atoms with Gasteiger partial charge in [-0.3, -0.25) is 19.8 Å². The van der Waals surface area contributed by atoms with E-state index in [9.17, 15) is 14.9 Å². The largest absolute Gasteiger partial charge is 0.270 e. The van der Waals surface area contributed by atoms with Crippen LogP contribution in [-0.4, -0.2) is 15.2 Å². The number of allylic oxidation sites excluding steroid dienone is 2. The average Bonchev–Trinajstić information content (AvgIpc) is 2.90. The molecule has 1 heterocycles. The molecule has 0 radical (unpaired) electrons. The van der Waals surface area contributed by atoms with E-state index in [0.717, 1.165) is 5.56 Å². The molecule has 2 aromatic rings. The molecule has 0 aliphatic carbocycles. The number of non-ortho nitro benzene ring substituents is 1. The Morgan fingerprint density at radius 3 is 2.40 bits per heavy atom. The van der Waals surface area contributed by atoms with E-state index in [2.05, 4.69) is 0 Å². The Balaban J connectivity index is 1.79. The van der Waals surface area contributed by atoms with Gasteiger partial charge in [-0.2, -0.15) is 0 Å². The van der Waals surface area contributed by atoms with Gasteiger partial charge < -0.3 is 0 Å². The van der Waals surface area contributed by atoms with Crippen LogP contribution in [0.15, 0.2) is 71.7 Å². The molecule has 1 saturated heterocycles. The molecule has 5 nitrogen and oxygen atoms in total. The standard InChI is InChI=1S/C18H12N2O3S2/c21-17-16(8-4-7-13-5-2-1-3-6-13)25-18(24)19(17)14-9-11-15(12-10-14)20(22)23/h1-12H/b7-4+,16-8+. The summed E-state index contributed by atoms with van der Waals surface area (Å²) in [7, 11) is 0. The predicted molar refractivity (Wildman–Crippen MR) is 104 cm³/mol. The zero-order valence-electron chi connectivity index (χ0n) is 12.9. The number of nitrogens with zero attached hydrogens (tertiary/aromatic N) is 2. The first-order valence-electron chi connectivity index (χ1n) is 7.30. The lowest BCUT2D eigenvalue weighted by Crippen LogP contribution is -2.27. The van der Waals surface area contributed by atoms with Gasteiger partial charge in [0.25, 0.3) is 11.6 Å². The zero-order valence-corrected chi connectivity index (χ0v) is 14.5. The Kier molecular flexibility index (Phi) is 5.06. The molecule has 25 heavy (non-hydrogen) atoms.